The number of pyridine rings is 1. The molecule has 0 N–H and O–H groups in total. The second-order valence-corrected chi connectivity index (χ2v) is 5.59. The molecule has 0 spiro atoms. The Morgan fingerprint density at radius 3 is 3.06 bits per heavy atom. The molecule has 1 aliphatic heterocycles. The Kier molecular flexibility index (Phi) is 4.18. The van der Waals surface area contributed by atoms with E-state index in [-0.39, 0.29) is 6.10 Å². The molecule has 1 aromatic heterocycles. The molecule has 3 radical (unpaired) electrons. The summed E-state index contributed by atoms with van der Waals surface area (Å²) >= 11 is 1.23. The third kappa shape index (κ3) is 2.74. The third-order valence-electron chi connectivity index (χ3n) is 2.73. The summed E-state index contributed by atoms with van der Waals surface area (Å²) in [5.41, 5.74) is 2.53. The second-order valence-electron chi connectivity index (χ2n) is 4.36. The molecule has 1 aliphatic rings. The average molecular weight is 412 g/mol. The SMILES string of the molecule is CC(C)Oc1ccnc2c1CN([CH2][Pb])CC2. The van der Waals surface area contributed by atoms with Crippen molar-refractivity contribution in [3.8, 4) is 5.75 Å². The molecule has 1 aromatic rings. The fourth-order valence-corrected chi connectivity index (χ4v) is 3.02. The first-order valence-corrected chi connectivity index (χ1v) is 8.46. The van der Waals surface area contributed by atoms with Crippen molar-refractivity contribution in [2.24, 2.45) is 0 Å². The predicted molar refractivity (Wildman–Crippen MR) is 64.7 cm³/mol. The van der Waals surface area contributed by atoms with Gasteiger partial charge in [-0.1, -0.05) is 0 Å². The topological polar surface area (TPSA) is 25.4 Å². The zero-order valence-electron chi connectivity index (χ0n) is 9.86. The molecular formula is C12H17N2OPb. The zero-order valence-corrected chi connectivity index (χ0v) is 13.8. The Hall–Kier alpha value is -0.168. The summed E-state index contributed by atoms with van der Waals surface area (Å²) in [6.45, 7) is 6.30. The van der Waals surface area contributed by atoms with E-state index in [9.17, 15) is 0 Å². The first-order valence-electron chi connectivity index (χ1n) is 5.71. The van der Waals surface area contributed by atoms with Gasteiger partial charge in [-0.2, -0.15) is 0 Å². The maximum absolute atomic E-state index is 5.85. The van der Waals surface area contributed by atoms with Crippen LogP contribution in [0.3, 0.4) is 0 Å². The molecular weight excluding hydrogens is 395 g/mol. The average Bonchev–Trinajstić information content (AvgIpc) is 2.28. The van der Waals surface area contributed by atoms with Crippen molar-refractivity contribution in [2.75, 3.05) is 10.6 Å². The van der Waals surface area contributed by atoms with Crippen molar-refractivity contribution in [1.29, 1.82) is 0 Å². The van der Waals surface area contributed by atoms with Gasteiger partial charge in [-0.25, -0.2) is 0 Å². The molecule has 2 rings (SSSR count). The Balaban J connectivity index is 2.27. The van der Waals surface area contributed by atoms with E-state index in [1.54, 1.807) is 0 Å². The molecule has 85 valence electrons. The van der Waals surface area contributed by atoms with Gasteiger partial charge in [0.05, 0.1) is 0 Å². The van der Waals surface area contributed by atoms with Crippen LogP contribution in [0.5, 0.6) is 5.75 Å². The van der Waals surface area contributed by atoms with Crippen molar-refractivity contribution in [3.63, 3.8) is 0 Å². The van der Waals surface area contributed by atoms with E-state index >= 15 is 0 Å². The molecule has 3 nitrogen and oxygen atoms in total. The third-order valence-corrected chi connectivity index (χ3v) is 4.47. The molecule has 0 aromatic carbocycles. The summed E-state index contributed by atoms with van der Waals surface area (Å²) < 4.78 is 7.08. The van der Waals surface area contributed by atoms with E-state index in [1.807, 2.05) is 12.3 Å². The van der Waals surface area contributed by atoms with E-state index < -0.39 is 0 Å². The maximum atomic E-state index is 5.85. The van der Waals surface area contributed by atoms with Gasteiger partial charge >= 0.3 is 113 Å². The predicted octanol–water partition coefficient (Wildman–Crippen LogP) is 1.35. The van der Waals surface area contributed by atoms with Crippen LogP contribution in [0.25, 0.3) is 0 Å². The quantitative estimate of drug-likeness (QED) is 0.701. The van der Waals surface area contributed by atoms with Gasteiger partial charge in [0.1, 0.15) is 0 Å². The van der Waals surface area contributed by atoms with Gasteiger partial charge in [-0.05, 0) is 0 Å². The van der Waals surface area contributed by atoms with Crippen LogP contribution in [0.2, 0.25) is 0 Å². The van der Waals surface area contributed by atoms with Crippen LogP contribution in [-0.2, 0) is 13.0 Å². The van der Waals surface area contributed by atoms with E-state index in [4.69, 9.17) is 4.74 Å². The van der Waals surface area contributed by atoms with Crippen LogP contribution in [0.1, 0.15) is 25.1 Å². The number of rotatable bonds is 3. The van der Waals surface area contributed by atoms with Crippen molar-refractivity contribution >= 4 is 25.8 Å². The van der Waals surface area contributed by atoms with Gasteiger partial charge in [0.15, 0.2) is 0 Å². The van der Waals surface area contributed by atoms with Crippen molar-refractivity contribution in [3.05, 3.63) is 23.5 Å². The molecule has 2 heterocycles. The summed E-state index contributed by atoms with van der Waals surface area (Å²) in [4.78, 5) is 6.95. The van der Waals surface area contributed by atoms with E-state index in [0.29, 0.717) is 0 Å². The standard InChI is InChI=1S/C12H17N2O.Pb/c1-9(2)15-12-4-6-13-11-5-7-14(3)8-10(11)12;/h4,6,9H,3,5,7-8H2,1-2H3;. The monoisotopic (exact) mass is 413 g/mol. The van der Waals surface area contributed by atoms with Crippen LogP contribution < -0.4 is 4.74 Å². The zero-order chi connectivity index (χ0) is 11.5. The van der Waals surface area contributed by atoms with Gasteiger partial charge in [0.25, 0.3) is 0 Å². The minimum atomic E-state index is 0.234. The molecule has 0 bridgehead atoms. The molecule has 0 saturated carbocycles. The van der Waals surface area contributed by atoms with Crippen molar-refractivity contribution in [1.82, 2.24) is 9.88 Å². The fraction of sp³-hybridized carbons (Fsp3) is 0.583. The Bertz CT molecular complexity index is 368. The number of nitrogens with zero attached hydrogens (tertiary/aromatic N) is 2. The van der Waals surface area contributed by atoms with Crippen LogP contribution in [0.4, 0.5) is 0 Å². The summed E-state index contributed by atoms with van der Waals surface area (Å²) in [6.07, 6.45) is 3.16. The molecule has 0 fully saturated rings. The normalized spacial score (nSPS) is 16.2. The minimum absolute atomic E-state index is 0.234. The van der Waals surface area contributed by atoms with E-state index in [1.165, 1.54) is 41.1 Å². The van der Waals surface area contributed by atoms with E-state index in [2.05, 4.69) is 23.7 Å². The molecule has 0 aliphatic carbocycles. The molecule has 0 amide bonds. The number of ether oxygens (including phenoxy) is 1. The molecule has 0 unspecified atom stereocenters. The number of fused-ring (bicyclic) bond motifs is 1. The summed E-state index contributed by atoms with van der Waals surface area (Å²) in [5.74, 6) is 1.03. The van der Waals surface area contributed by atoms with Gasteiger partial charge in [0, 0.05) is 0 Å². The molecule has 0 saturated heterocycles. The van der Waals surface area contributed by atoms with Crippen LogP contribution >= 0.6 is 0 Å². The number of aromatic nitrogens is 1. The molecule has 16 heavy (non-hydrogen) atoms. The number of hydrogen-bond donors (Lipinski definition) is 0. The van der Waals surface area contributed by atoms with Gasteiger partial charge < -0.3 is 0 Å². The second kappa shape index (κ2) is 5.44. The Morgan fingerprint density at radius 1 is 1.56 bits per heavy atom. The molecule has 4 heteroatoms. The van der Waals surface area contributed by atoms with Gasteiger partial charge in [-0.15, -0.1) is 0 Å². The van der Waals surface area contributed by atoms with Crippen molar-refractivity contribution in [2.45, 2.75) is 32.9 Å². The van der Waals surface area contributed by atoms with Crippen LogP contribution in [0.15, 0.2) is 12.3 Å². The van der Waals surface area contributed by atoms with Crippen LogP contribution in [0, 0.1) is 0 Å². The summed E-state index contributed by atoms with van der Waals surface area (Å²) in [7, 11) is 0. The van der Waals surface area contributed by atoms with Crippen molar-refractivity contribution < 1.29 is 4.74 Å². The van der Waals surface area contributed by atoms with E-state index in [0.717, 1.165) is 25.3 Å². The van der Waals surface area contributed by atoms with Gasteiger partial charge in [-0.3, -0.25) is 0 Å². The number of hydrogen-bond acceptors (Lipinski definition) is 3. The summed E-state index contributed by atoms with van der Waals surface area (Å²) in [6, 6.07) is 2.00. The first-order chi connectivity index (χ1) is 7.70. The summed E-state index contributed by atoms with van der Waals surface area (Å²) in [5, 5.41) is 0. The first kappa shape index (κ1) is 12.3. The fourth-order valence-electron chi connectivity index (χ4n) is 1.97. The van der Waals surface area contributed by atoms with Gasteiger partial charge in [0.2, 0.25) is 0 Å². The Morgan fingerprint density at radius 2 is 2.38 bits per heavy atom. The van der Waals surface area contributed by atoms with Crippen LogP contribution in [-0.4, -0.2) is 52.4 Å². The Labute approximate surface area is 113 Å². The molecule has 0 atom stereocenters.